The highest BCUT2D eigenvalue weighted by atomic mass is 16.2. The van der Waals surface area contributed by atoms with Gasteiger partial charge in [-0.15, -0.1) is 0 Å². The molecule has 0 radical (unpaired) electrons. The first-order valence-corrected chi connectivity index (χ1v) is 13.6. The van der Waals surface area contributed by atoms with Crippen LogP contribution in [0.5, 0.6) is 0 Å². The highest BCUT2D eigenvalue weighted by molar-refractivity contribution is 5.90. The van der Waals surface area contributed by atoms with Gasteiger partial charge in [-0.2, -0.15) is 0 Å². The van der Waals surface area contributed by atoms with E-state index < -0.39 is 0 Å². The molecule has 2 amide bonds. The lowest BCUT2D eigenvalue weighted by atomic mass is 9.91. The Bertz CT molecular complexity index is 869. The molecule has 0 unspecified atom stereocenters. The molecular formula is C27H45N5O2. The van der Waals surface area contributed by atoms with Gasteiger partial charge in [0.15, 0.2) is 0 Å². The highest BCUT2D eigenvalue weighted by Crippen LogP contribution is 2.27. The van der Waals surface area contributed by atoms with Crippen LogP contribution < -0.4 is 5.32 Å². The minimum absolute atomic E-state index is 0.108. The van der Waals surface area contributed by atoms with Crippen molar-refractivity contribution in [3.8, 4) is 0 Å². The molecule has 1 N–H and O–H groups in total. The zero-order valence-corrected chi connectivity index (χ0v) is 22.0. The molecule has 1 aromatic rings. The van der Waals surface area contributed by atoms with Gasteiger partial charge in [-0.25, -0.2) is 4.98 Å². The average molecular weight is 472 g/mol. The SMILES string of the molecule is CC(C)C[C@@H]1NCCN([C@@H](CC(C)C)C(=O)N2CCC(Cc3nc4c(n3C)CCC4)CC2)C1=O. The van der Waals surface area contributed by atoms with E-state index in [4.69, 9.17) is 4.98 Å². The number of piperazine rings is 1. The number of likely N-dealkylation sites (tertiary alicyclic amines) is 1. The standard InChI is InChI=1S/C27H45N5O2/c1-18(2)15-22-26(33)32(14-11-28-22)24(16-19(3)4)27(34)31-12-9-20(10-13-31)17-25-29-21-7-6-8-23(21)30(25)5/h18-20,22,24,28H,6-17H2,1-5H3/t22-,24-/m0/s1. The van der Waals surface area contributed by atoms with Gasteiger partial charge in [0, 0.05) is 45.3 Å². The van der Waals surface area contributed by atoms with Gasteiger partial charge in [-0.3, -0.25) is 9.59 Å². The molecule has 2 saturated heterocycles. The number of rotatable bonds is 8. The second kappa shape index (κ2) is 10.8. The van der Waals surface area contributed by atoms with E-state index in [1.807, 2.05) is 9.80 Å². The maximum Gasteiger partial charge on any atom is 0.245 e. The van der Waals surface area contributed by atoms with Crippen molar-refractivity contribution in [3.05, 3.63) is 17.2 Å². The minimum atomic E-state index is -0.335. The van der Waals surface area contributed by atoms with Crippen LogP contribution in [0.2, 0.25) is 0 Å². The second-order valence-electron chi connectivity index (χ2n) is 11.6. The first-order valence-electron chi connectivity index (χ1n) is 13.6. The quantitative estimate of drug-likeness (QED) is 0.633. The third kappa shape index (κ3) is 5.50. The summed E-state index contributed by atoms with van der Waals surface area (Å²) in [6, 6.07) is -0.500. The van der Waals surface area contributed by atoms with Crippen LogP contribution in [0.1, 0.15) is 77.0 Å². The second-order valence-corrected chi connectivity index (χ2v) is 11.6. The molecule has 1 aromatic heterocycles. The summed E-state index contributed by atoms with van der Waals surface area (Å²) >= 11 is 0. The Morgan fingerprint density at radius 2 is 1.82 bits per heavy atom. The Morgan fingerprint density at radius 1 is 1.09 bits per heavy atom. The summed E-state index contributed by atoms with van der Waals surface area (Å²) in [5.74, 6) is 2.86. The normalized spacial score (nSPS) is 22.7. The fourth-order valence-corrected chi connectivity index (χ4v) is 6.12. The van der Waals surface area contributed by atoms with Gasteiger partial charge in [0.2, 0.25) is 11.8 Å². The van der Waals surface area contributed by atoms with Crippen LogP contribution in [-0.2, 0) is 35.9 Å². The predicted molar refractivity (Wildman–Crippen MR) is 134 cm³/mol. The fourth-order valence-electron chi connectivity index (χ4n) is 6.12. The van der Waals surface area contributed by atoms with Gasteiger partial charge in [-0.1, -0.05) is 27.7 Å². The number of imidazole rings is 1. The summed E-state index contributed by atoms with van der Waals surface area (Å²) in [7, 11) is 2.17. The number of nitrogens with one attached hydrogen (secondary N) is 1. The molecule has 3 aliphatic rings. The Balaban J connectivity index is 1.37. The third-order valence-corrected chi connectivity index (χ3v) is 8.00. The number of aromatic nitrogens is 2. The minimum Gasteiger partial charge on any atom is -0.341 e. The van der Waals surface area contributed by atoms with Crippen molar-refractivity contribution in [1.82, 2.24) is 24.7 Å². The summed E-state index contributed by atoms with van der Waals surface area (Å²) in [5, 5.41) is 3.38. The molecule has 3 heterocycles. The summed E-state index contributed by atoms with van der Waals surface area (Å²) in [5.41, 5.74) is 2.73. The molecule has 0 saturated carbocycles. The van der Waals surface area contributed by atoms with Crippen molar-refractivity contribution in [2.24, 2.45) is 24.8 Å². The van der Waals surface area contributed by atoms with Crippen molar-refractivity contribution >= 4 is 11.8 Å². The maximum atomic E-state index is 13.7. The van der Waals surface area contributed by atoms with Crippen molar-refractivity contribution < 1.29 is 9.59 Å². The molecule has 1 aliphatic carbocycles. The topological polar surface area (TPSA) is 70.5 Å². The summed E-state index contributed by atoms with van der Waals surface area (Å²) in [4.78, 5) is 35.9. The van der Waals surface area contributed by atoms with Gasteiger partial charge >= 0.3 is 0 Å². The summed E-state index contributed by atoms with van der Waals surface area (Å²) < 4.78 is 2.32. The molecule has 0 spiro atoms. The number of fused-ring (bicyclic) bond motifs is 1. The Hall–Kier alpha value is -1.89. The summed E-state index contributed by atoms with van der Waals surface area (Å²) in [6.07, 6.45) is 8.11. The van der Waals surface area contributed by atoms with Crippen molar-refractivity contribution in [3.63, 3.8) is 0 Å². The van der Waals surface area contributed by atoms with E-state index in [0.29, 0.717) is 24.3 Å². The van der Waals surface area contributed by atoms with Crippen LogP contribution in [0.25, 0.3) is 0 Å². The van der Waals surface area contributed by atoms with E-state index in [9.17, 15) is 9.59 Å². The number of hydrogen-bond acceptors (Lipinski definition) is 4. The molecule has 2 fully saturated rings. The molecule has 7 heteroatoms. The molecule has 34 heavy (non-hydrogen) atoms. The maximum absolute atomic E-state index is 13.7. The van der Waals surface area contributed by atoms with Gasteiger partial charge in [-0.05, 0) is 62.7 Å². The predicted octanol–water partition coefficient (Wildman–Crippen LogP) is 2.95. The molecule has 2 atom stereocenters. The Morgan fingerprint density at radius 3 is 2.47 bits per heavy atom. The zero-order chi connectivity index (χ0) is 24.4. The van der Waals surface area contributed by atoms with E-state index in [1.54, 1.807) is 0 Å². The van der Waals surface area contributed by atoms with Gasteiger partial charge in [0.05, 0.1) is 11.7 Å². The van der Waals surface area contributed by atoms with Crippen molar-refractivity contribution in [2.75, 3.05) is 26.2 Å². The molecular weight excluding hydrogens is 426 g/mol. The van der Waals surface area contributed by atoms with E-state index in [1.165, 1.54) is 23.6 Å². The Labute approximate surface area is 205 Å². The van der Waals surface area contributed by atoms with Crippen LogP contribution in [0, 0.1) is 17.8 Å². The third-order valence-electron chi connectivity index (χ3n) is 8.00. The molecule has 0 bridgehead atoms. The van der Waals surface area contributed by atoms with Crippen LogP contribution in [0.4, 0.5) is 0 Å². The van der Waals surface area contributed by atoms with E-state index in [-0.39, 0.29) is 23.9 Å². The zero-order valence-electron chi connectivity index (χ0n) is 22.0. The fraction of sp³-hybridized carbons (Fsp3) is 0.815. The number of hydrogen-bond donors (Lipinski definition) is 1. The lowest BCUT2D eigenvalue weighted by Gasteiger charge is -2.42. The van der Waals surface area contributed by atoms with Crippen molar-refractivity contribution in [2.45, 2.75) is 91.1 Å². The number of aryl methyl sites for hydroxylation is 1. The molecule has 190 valence electrons. The molecule has 0 aromatic carbocycles. The number of nitrogens with zero attached hydrogens (tertiary/aromatic N) is 4. The van der Waals surface area contributed by atoms with Crippen LogP contribution in [-0.4, -0.2) is 69.4 Å². The summed E-state index contributed by atoms with van der Waals surface area (Å²) in [6.45, 7) is 11.6. The average Bonchev–Trinajstić information content (AvgIpc) is 3.36. The number of piperidine rings is 1. The highest BCUT2D eigenvalue weighted by Gasteiger charge is 2.39. The lowest BCUT2D eigenvalue weighted by Crippen LogP contribution is -2.62. The molecule has 4 rings (SSSR count). The van der Waals surface area contributed by atoms with E-state index in [2.05, 4.69) is 44.6 Å². The van der Waals surface area contributed by atoms with Gasteiger partial charge < -0.3 is 19.7 Å². The van der Waals surface area contributed by atoms with Crippen molar-refractivity contribution in [1.29, 1.82) is 0 Å². The monoisotopic (exact) mass is 471 g/mol. The molecule has 2 aliphatic heterocycles. The number of carbonyl (C=O) groups excluding carboxylic acids is 2. The van der Waals surface area contributed by atoms with Crippen LogP contribution >= 0.6 is 0 Å². The van der Waals surface area contributed by atoms with Gasteiger partial charge in [0.25, 0.3) is 0 Å². The largest absolute Gasteiger partial charge is 0.341 e. The van der Waals surface area contributed by atoms with E-state index in [0.717, 1.165) is 64.6 Å². The van der Waals surface area contributed by atoms with Crippen LogP contribution in [0.3, 0.4) is 0 Å². The molecule has 7 nitrogen and oxygen atoms in total. The first-order chi connectivity index (χ1) is 16.2. The number of amides is 2. The first kappa shape index (κ1) is 25.2. The van der Waals surface area contributed by atoms with Crippen LogP contribution in [0.15, 0.2) is 0 Å². The van der Waals surface area contributed by atoms with Gasteiger partial charge in [0.1, 0.15) is 11.9 Å². The van der Waals surface area contributed by atoms with E-state index >= 15 is 0 Å². The smallest absolute Gasteiger partial charge is 0.245 e. The number of carbonyl (C=O) groups is 2. The Kier molecular flexibility index (Phi) is 8.01. The lowest BCUT2D eigenvalue weighted by molar-refractivity contribution is -0.150.